The second kappa shape index (κ2) is 7.71. The SMILES string of the molecule is O=C(CCNS(=O)(=O)c1ccc2c(c1)OCCO2)Nc1cccc(F)c1. The number of ether oxygens (including phenoxy) is 2. The van der Waals surface area contributed by atoms with Crippen LogP contribution >= 0.6 is 0 Å². The zero-order valence-corrected chi connectivity index (χ0v) is 14.5. The molecular formula is C17H17FN2O5S. The predicted octanol–water partition coefficient (Wildman–Crippen LogP) is 1.90. The first kappa shape index (κ1) is 18.2. The molecule has 9 heteroatoms. The van der Waals surface area contributed by atoms with Crippen LogP contribution in [0.4, 0.5) is 10.1 Å². The molecule has 7 nitrogen and oxygen atoms in total. The lowest BCUT2D eigenvalue weighted by Crippen LogP contribution is -2.28. The molecular weight excluding hydrogens is 363 g/mol. The molecule has 0 unspecified atom stereocenters. The van der Waals surface area contributed by atoms with Gasteiger partial charge < -0.3 is 14.8 Å². The van der Waals surface area contributed by atoms with E-state index >= 15 is 0 Å². The number of halogens is 1. The highest BCUT2D eigenvalue weighted by Gasteiger charge is 2.19. The zero-order valence-electron chi connectivity index (χ0n) is 13.7. The Bertz CT molecular complexity index is 917. The quantitative estimate of drug-likeness (QED) is 0.798. The average molecular weight is 380 g/mol. The lowest BCUT2D eigenvalue weighted by atomic mass is 10.3. The number of carbonyl (C=O) groups excluding carboxylic acids is 1. The molecule has 0 aromatic heterocycles. The first-order valence-corrected chi connectivity index (χ1v) is 9.37. The molecule has 26 heavy (non-hydrogen) atoms. The number of anilines is 1. The van der Waals surface area contributed by atoms with Gasteiger partial charge in [-0.15, -0.1) is 0 Å². The van der Waals surface area contributed by atoms with Gasteiger partial charge in [0.2, 0.25) is 15.9 Å². The van der Waals surface area contributed by atoms with E-state index in [1.165, 1.54) is 36.4 Å². The first-order chi connectivity index (χ1) is 12.4. The van der Waals surface area contributed by atoms with Gasteiger partial charge in [0.15, 0.2) is 11.5 Å². The van der Waals surface area contributed by atoms with Gasteiger partial charge >= 0.3 is 0 Å². The van der Waals surface area contributed by atoms with E-state index < -0.39 is 21.7 Å². The van der Waals surface area contributed by atoms with Crippen LogP contribution in [0.15, 0.2) is 47.4 Å². The van der Waals surface area contributed by atoms with Crippen molar-refractivity contribution in [1.82, 2.24) is 4.72 Å². The highest BCUT2D eigenvalue weighted by molar-refractivity contribution is 7.89. The summed E-state index contributed by atoms with van der Waals surface area (Å²) in [5.41, 5.74) is 0.310. The molecule has 138 valence electrons. The van der Waals surface area contributed by atoms with Crippen molar-refractivity contribution in [3.05, 3.63) is 48.3 Å². The molecule has 0 fully saturated rings. The summed E-state index contributed by atoms with van der Waals surface area (Å²) in [7, 11) is -3.79. The smallest absolute Gasteiger partial charge is 0.240 e. The van der Waals surface area contributed by atoms with E-state index in [9.17, 15) is 17.6 Å². The topological polar surface area (TPSA) is 93.7 Å². The van der Waals surface area contributed by atoms with Crippen molar-refractivity contribution >= 4 is 21.6 Å². The third-order valence-corrected chi connectivity index (χ3v) is 5.04. The number of rotatable bonds is 6. The van der Waals surface area contributed by atoms with Crippen LogP contribution in [0.5, 0.6) is 11.5 Å². The minimum atomic E-state index is -3.79. The fourth-order valence-electron chi connectivity index (χ4n) is 2.36. The van der Waals surface area contributed by atoms with Crippen molar-refractivity contribution < 1.29 is 27.1 Å². The second-order valence-corrected chi connectivity index (χ2v) is 7.28. The fourth-order valence-corrected chi connectivity index (χ4v) is 3.41. The van der Waals surface area contributed by atoms with Crippen molar-refractivity contribution in [2.45, 2.75) is 11.3 Å². The lowest BCUT2D eigenvalue weighted by Gasteiger charge is -2.18. The highest BCUT2D eigenvalue weighted by Crippen LogP contribution is 2.32. The molecule has 2 aromatic rings. The minimum Gasteiger partial charge on any atom is -0.486 e. The minimum absolute atomic E-state index is 0.0206. The number of hydrogen-bond donors (Lipinski definition) is 2. The predicted molar refractivity (Wildman–Crippen MR) is 92.3 cm³/mol. The van der Waals surface area contributed by atoms with Gasteiger partial charge in [-0.05, 0) is 30.3 Å². The maximum absolute atomic E-state index is 13.1. The van der Waals surface area contributed by atoms with Crippen LogP contribution in [-0.2, 0) is 14.8 Å². The average Bonchev–Trinajstić information content (AvgIpc) is 2.61. The van der Waals surface area contributed by atoms with E-state index in [1.54, 1.807) is 6.07 Å². The van der Waals surface area contributed by atoms with Crippen LogP contribution in [0.1, 0.15) is 6.42 Å². The number of carbonyl (C=O) groups is 1. The standard InChI is InChI=1S/C17H17FN2O5S/c18-12-2-1-3-13(10-12)20-17(21)6-7-19-26(22,23)14-4-5-15-16(11-14)25-9-8-24-15/h1-5,10-11,19H,6-9H2,(H,20,21). The number of amides is 1. The molecule has 0 bridgehead atoms. The van der Waals surface area contributed by atoms with E-state index in [-0.39, 0.29) is 17.9 Å². The van der Waals surface area contributed by atoms with Crippen molar-refractivity contribution in [2.75, 3.05) is 25.1 Å². The van der Waals surface area contributed by atoms with E-state index in [4.69, 9.17) is 9.47 Å². The summed E-state index contributed by atoms with van der Waals surface area (Å²) < 4.78 is 50.8. The molecule has 0 aliphatic carbocycles. The molecule has 1 aliphatic heterocycles. The van der Waals surface area contributed by atoms with E-state index in [0.717, 1.165) is 0 Å². The van der Waals surface area contributed by atoms with Crippen molar-refractivity contribution in [2.24, 2.45) is 0 Å². The number of benzene rings is 2. The summed E-state index contributed by atoms with van der Waals surface area (Å²) in [6, 6.07) is 9.76. The first-order valence-electron chi connectivity index (χ1n) is 7.89. The molecule has 1 heterocycles. The summed E-state index contributed by atoms with van der Waals surface area (Å²) in [6.07, 6.45) is -0.0969. The third kappa shape index (κ3) is 4.50. The number of hydrogen-bond acceptors (Lipinski definition) is 5. The van der Waals surface area contributed by atoms with E-state index in [0.29, 0.717) is 30.4 Å². The monoisotopic (exact) mass is 380 g/mol. The van der Waals surface area contributed by atoms with Crippen LogP contribution in [0.25, 0.3) is 0 Å². The van der Waals surface area contributed by atoms with Crippen molar-refractivity contribution in [1.29, 1.82) is 0 Å². The Morgan fingerprint density at radius 3 is 2.62 bits per heavy atom. The normalized spacial score (nSPS) is 13.3. The van der Waals surface area contributed by atoms with E-state index in [2.05, 4.69) is 10.0 Å². The van der Waals surface area contributed by atoms with Gasteiger partial charge in [-0.3, -0.25) is 4.79 Å². The van der Waals surface area contributed by atoms with Gasteiger partial charge in [0.05, 0.1) is 4.90 Å². The maximum Gasteiger partial charge on any atom is 0.240 e. The maximum atomic E-state index is 13.1. The summed E-state index contributed by atoms with van der Waals surface area (Å²) in [5.74, 6) is -0.0461. The van der Waals surface area contributed by atoms with Crippen LogP contribution in [0.2, 0.25) is 0 Å². The second-order valence-electron chi connectivity index (χ2n) is 5.51. The molecule has 0 saturated carbocycles. The lowest BCUT2D eigenvalue weighted by molar-refractivity contribution is -0.116. The number of fused-ring (bicyclic) bond motifs is 1. The molecule has 3 rings (SSSR count). The molecule has 0 saturated heterocycles. The Morgan fingerprint density at radius 2 is 1.85 bits per heavy atom. The molecule has 0 atom stereocenters. The van der Waals surface area contributed by atoms with Gasteiger partial charge in [-0.2, -0.15) is 0 Å². The van der Waals surface area contributed by atoms with Crippen LogP contribution in [0, 0.1) is 5.82 Å². The molecule has 1 amide bonds. The molecule has 1 aliphatic rings. The Morgan fingerprint density at radius 1 is 1.08 bits per heavy atom. The summed E-state index contributed by atoms with van der Waals surface area (Å²) in [4.78, 5) is 11.9. The molecule has 2 N–H and O–H groups in total. The summed E-state index contributed by atoms with van der Waals surface area (Å²) in [5, 5.41) is 2.50. The van der Waals surface area contributed by atoms with Crippen LogP contribution < -0.4 is 19.5 Å². The molecule has 0 spiro atoms. The summed E-state index contributed by atoms with van der Waals surface area (Å²) >= 11 is 0. The number of sulfonamides is 1. The third-order valence-electron chi connectivity index (χ3n) is 3.58. The molecule has 2 aromatic carbocycles. The van der Waals surface area contributed by atoms with Gasteiger partial charge in [0, 0.05) is 24.7 Å². The largest absolute Gasteiger partial charge is 0.486 e. The van der Waals surface area contributed by atoms with Crippen molar-refractivity contribution in [3.63, 3.8) is 0 Å². The van der Waals surface area contributed by atoms with Gasteiger partial charge in [0.1, 0.15) is 19.0 Å². The molecule has 0 radical (unpaired) electrons. The van der Waals surface area contributed by atoms with Crippen LogP contribution in [-0.4, -0.2) is 34.1 Å². The van der Waals surface area contributed by atoms with Crippen LogP contribution in [0.3, 0.4) is 0 Å². The Balaban J connectivity index is 1.56. The Labute approximate surface area is 150 Å². The Kier molecular flexibility index (Phi) is 5.38. The van der Waals surface area contributed by atoms with Gasteiger partial charge in [-0.25, -0.2) is 17.5 Å². The number of nitrogens with one attached hydrogen (secondary N) is 2. The van der Waals surface area contributed by atoms with Crippen molar-refractivity contribution in [3.8, 4) is 11.5 Å². The Hall–Kier alpha value is -2.65. The van der Waals surface area contributed by atoms with Gasteiger partial charge in [-0.1, -0.05) is 6.07 Å². The highest BCUT2D eigenvalue weighted by atomic mass is 32.2. The fraction of sp³-hybridized carbons (Fsp3) is 0.235. The zero-order chi connectivity index (χ0) is 18.6. The van der Waals surface area contributed by atoms with E-state index in [1.807, 2.05) is 0 Å². The van der Waals surface area contributed by atoms with Gasteiger partial charge in [0.25, 0.3) is 0 Å². The summed E-state index contributed by atoms with van der Waals surface area (Å²) in [6.45, 7) is 0.667.